The molecule has 128 valence electrons. The number of pyridine rings is 1. The second-order valence-corrected chi connectivity index (χ2v) is 6.23. The Hall–Kier alpha value is -3.11. The molecule has 0 amide bonds. The van der Waals surface area contributed by atoms with Crippen LogP contribution in [0.2, 0.25) is 5.02 Å². The first-order chi connectivity index (χ1) is 12.8. The zero-order valence-corrected chi connectivity index (χ0v) is 14.9. The molecule has 0 fully saturated rings. The fourth-order valence-corrected chi connectivity index (χ4v) is 3.14. The third-order valence-corrected chi connectivity index (χ3v) is 4.47. The largest absolute Gasteiger partial charge is 0.496 e. The van der Waals surface area contributed by atoms with Crippen molar-refractivity contribution in [3.63, 3.8) is 0 Å². The molecule has 0 saturated heterocycles. The Bertz CT molecular complexity index is 1120. The minimum absolute atomic E-state index is 0.662. The average molecular weight is 362 g/mol. The summed E-state index contributed by atoms with van der Waals surface area (Å²) in [6.45, 7) is 0. The van der Waals surface area contributed by atoms with Crippen molar-refractivity contribution < 1.29 is 4.74 Å². The number of methoxy groups -OCH3 is 1. The summed E-state index contributed by atoms with van der Waals surface area (Å²) in [4.78, 5) is 4.34. The molecule has 5 heteroatoms. The normalized spacial score (nSPS) is 11.3. The van der Waals surface area contributed by atoms with Crippen LogP contribution >= 0.6 is 11.6 Å². The van der Waals surface area contributed by atoms with Crippen LogP contribution in [0.15, 0.2) is 72.0 Å². The topological polar surface area (TPSA) is 46.5 Å². The third kappa shape index (κ3) is 3.07. The number of hydrogen-bond acceptors (Lipinski definition) is 4. The average Bonchev–Trinajstić information content (AvgIpc) is 2.68. The van der Waals surface area contributed by atoms with Crippen LogP contribution in [0.25, 0.3) is 21.7 Å². The zero-order chi connectivity index (χ0) is 17.9. The molecular formula is C21H16ClN3O. The van der Waals surface area contributed by atoms with E-state index in [9.17, 15) is 0 Å². The first-order valence-electron chi connectivity index (χ1n) is 8.15. The van der Waals surface area contributed by atoms with E-state index in [1.807, 2.05) is 60.8 Å². The van der Waals surface area contributed by atoms with Crippen LogP contribution in [0.1, 0.15) is 5.56 Å². The van der Waals surface area contributed by atoms with Crippen LogP contribution in [0.3, 0.4) is 0 Å². The predicted molar refractivity (Wildman–Crippen MR) is 108 cm³/mol. The number of anilines is 1. The van der Waals surface area contributed by atoms with Crippen molar-refractivity contribution in [1.82, 2.24) is 4.98 Å². The lowest BCUT2D eigenvalue weighted by Gasteiger charge is -2.08. The molecular weight excluding hydrogens is 346 g/mol. The zero-order valence-electron chi connectivity index (χ0n) is 14.1. The fraction of sp³-hybridized carbons (Fsp3) is 0.0476. The highest BCUT2D eigenvalue weighted by Gasteiger charge is 2.05. The Labute approximate surface area is 156 Å². The lowest BCUT2D eigenvalue weighted by Crippen LogP contribution is -1.94. The van der Waals surface area contributed by atoms with Crippen LogP contribution in [-0.4, -0.2) is 18.3 Å². The van der Waals surface area contributed by atoms with Gasteiger partial charge in [0, 0.05) is 27.6 Å². The van der Waals surface area contributed by atoms with Gasteiger partial charge in [-0.15, -0.1) is 0 Å². The fourth-order valence-electron chi connectivity index (χ4n) is 2.98. The molecule has 0 aliphatic rings. The molecule has 0 aliphatic heterocycles. The van der Waals surface area contributed by atoms with Crippen molar-refractivity contribution in [3.8, 4) is 5.75 Å². The number of halogens is 1. The smallest absolute Gasteiger partial charge is 0.126 e. The molecule has 3 aromatic carbocycles. The predicted octanol–water partition coefficient (Wildman–Crippen LogP) is 5.50. The van der Waals surface area contributed by atoms with Crippen molar-refractivity contribution in [2.45, 2.75) is 0 Å². The number of aromatic nitrogens is 1. The molecule has 4 nitrogen and oxygen atoms in total. The molecule has 4 aromatic rings. The monoisotopic (exact) mass is 361 g/mol. The molecule has 0 atom stereocenters. The maximum Gasteiger partial charge on any atom is 0.126 e. The number of fused-ring (bicyclic) bond motifs is 2. The molecule has 1 N–H and O–H groups in total. The molecule has 0 saturated carbocycles. The van der Waals surface area contributed by atoms with Gasteiger partial charge in [0.05, 0.1) is 24.5 Å². The Morgan fingerprint density at radius 1 is 1.00 bits per heavy atom. The highest BCUT2D eigenvalue weighted by molar-refractivity contribution is 6.31. The summed E-state index contributed by atoms with van der Waals surface area (Å²) in [6, 6.07) is 19.6. The standard InChI is InChI=1S/C21H16ClN3O/c1-26-21-9-6-14(16-4-2-3-5-17(16)21)13-24-25-19-10-11-23-20-12-15(22)7-8-18(19)20/h2-13H,1H3,(H,23,25)/b24-13+. The Balaban J connectivity index is 1.67. The number of nitrogens with zero attached hydrogens (tertiary/aromatic N) is 2. The van der Waals surface area contributed by atoms with E-state index in [0.29, 0.717) is 5.02 Å². The summed E-state index contributed by atoms with van der Waals surface area (Å²) in [5.74, 6) is 0.850. The quantitative estimate of drug-likeness (QED) is 0.386. The molecule has 4 rings (SSSR count). The summed E-state index contributed by atoms with van der Waals surface area (Å²) in [5, 5.41) is 8.19. The van der Waals surface area contributed by atoms with E-state index in [2.05, 4.69) is 21.6 Å². The van der Waals surface area contributed by atoms with Gasteiger partial charge in [-0.05, 0) is 41.8 Å². The summed E-state index contributed by atoms with van der Waals surface area (Å²) in [6.07, 6.45) is 3.54. The summed E-state index contributed by atoms with van der Waals surface area (Å²) in [5.41, 5.74) is 5.82. The van der Waals surface area contributed by atoms with Gasteiger partial charge in [0.2, 0.25) is 0 Å². The Morgan fingerprint density at radius 2 is 1.85 bits per heavy atom. The van der Waals surface area contributed by atoms with E-state index in [0.717, 1.165) is 38.7 Å². The summed E-state index contributed by atoms with van der Waals surface area (Å²) in [7, 11) is 1.68. The number of rotatable bonds is 4. The van der Waals surface area contributed by atoms with Gasteiger partial charge in [-0.2, -0.15) is 5.10 Å². The lowest BCUT2D eigenvalue weighted by molar-refractivity contribution is 0.420. The first kappa shape index (κ1) is 16.4. The Kier molecular flexibility index (Phi) is 4.42. The van der Waals surface area contributed by atoms with E-state index in [1.54, 1.807) is 13.3 Å². The molecule has 0 spiro atoms. The Morgan fingerprint density at radius 3 is 2.69 bits per heavy atom. The SMILES string of the molecule is COc1ccc(/C=N/Nc2ccnc3cc(Cl)ccc23)c2ccccc12. The molecule has 0 bridgehead atoms. The lowest BCUT2D eigenvalue weighted by atomic mass is 10.0. The third-order valence-electron chi connectivity index (χ3n) is 4.23. The van der Waals surface area contributed by atoms with Crippen molar-refractivity contribution in [1.29, 1.82) is 0 Å². The van der Waals surface area contributed by atoms with Crippen molar-refractivity contribution in [2.24, 2.45) is 5.10 Å². The number of ether oxygens (including phenoxy) is 1. The van der Waals surface area contributed by atoms with Gasteiger partial charge in [0.25, 0.3) is 0 Å². The highest BCUT2D eigenvalue weighted by atomic mass is 35.5. The van der Waals surface area contributed by atoms with E-state index in [4.69, 9.17) is 16.3 Å². The van der Waals surface area contributed by atoms with Crippen LogP contribution < -0.4 is 10.2 Å². The molecule has 0 radical (unpaired) electrons. The van der Waals surface area contributed by atoms with E-state index < -0.39 is 0 Å². The molecule has 0 unspecified atom stereocenters. The van der Waals surface area contributed by atoms with E-state index in [1.165, 1.54) is 0 Å². The first-order valence-corrected chi connectivity index (χ1v) is 8.53. The van der Waals surface area contributed by atoms with Gasteiger partial charge in [0.1, 0.15) is 5.75 Å². The number of benzene rings is 3. The number of hydrogen-bond donors (Lipinski definition) is 1. The van der Waals surface area contributed by atoms with Gasteiger partial charge in [-0.25, -0.2) is 0 Å². The second-order valence-electron chi connectivity index (χ2n) is 5.79. The van der Waals surface area contributed by atoms with Crippen LogP contribution in [-0.2, 0) is 0 Å². The van der Waals surface area contributed by atoms with Gasteiger partial charge in [-0.1, -0.05) is 35.9 Å². The summed E-state index contributed by atoms with van der Waals surface area (Å²) < 4.78 is 5.44. The molecule has 1 heterocycles. The maximum absolute atomic E-state index is 6.04. The van der Waals surface area contributed by atoms with Crippen molar-refractivity contribution in [2.75, 3.05) is 12.5 Å². The van der Waals surface area contributed by atoms with Crippen LogP contribution in [0.5, 0.6) is 5.75 Å². The maximum atomic E-state index is 6.04. The van der Waals surface area contributed by atoms with Gasteiger partial charge in [-0.3, -0.25) is 10.4 Å². The highest BCUT2D eigenvalue weighted by Crippen LogP contribution is 2.28. The number of nitrogens with one attached hydrogen (secondary N) is 1. The number of hydrazone groups is 1. The van der Waals surface area contributed by atoms with Gasteiger partial charge < -0.3 is 4.74 Å². The van der Waals surface area contributed by atoms with Crippen LogP contribution in [0.4, 0.5) is 5.69 Å². The van der Waals surface area contributed by atoms with Crippen molar-refractivity contribution in [3.05, 3.63) is 77.4 Å². The van der Waals surface area contributed by atoms with E-state index in [-0.39, 0.29) is 0 Å². The minimum Gasteiger partial charge on any atom is -0.496 e. The minimum atomic E-state index is 0.662. The van der Waals surface area contributed by atoms with Crippen LogP contribution in [0, 0.1) is 0 Å². The molecule has 0 aliphatic carbocycles. The van der Waals surface area contributed by atoms with Gasteiger partial charge >= 0.3 is 0 Å². The summed E-state index contributed by atoms with van der Waals surface area (Å²) >= 11 is 6.04. The second kappa shape index (κ2) is 7.02. The molecule has 26 heavy (non-hydrogen) atoms. The van der Waals surface area contributed by atoms with E-state index >= 15 is 0 Å². The van der Waals surface area contributed by atoms with Gasteiger partial charge in [0.15, 0.2) is 0 Å². The molecule has 1 aromatic heterocycles. The van der Waals surface area contributed by atoms with Crippen molar-refractivity contribution >= 4 is 45.2 Å².